The molecule has 2 amide bonds. The Morgan fingerprint density at radius 1 is 1.15 bits per heavy atom. The molecule has 0 aliphatic heterocycles. The number of carbonyl (C=O) groups excluding carboxylic acids is 2. The number of aromatic nitrogens is 2. The summed E-state index contributed by atoms with van der Waals surface area (Å²) in [6.07, 6.45) is 6.25. The molecule has 1 aliphatic carbocycles. The molecule has 7 nitrogen and oxygen atoms in total. The average Bonchev–Trinajstić information content (AvgIpc) is 3.19. The number of amides is 2. The summed E-state index contributed by atoms with van der Waals surface area (Å²) in [4.78, 5) is 32.2. The maximum Gasteiger partial charge on any atom is 0.257 e. The minimum absolute atomic E-state index is 0.0966. The van der Waals surface area contributed by atoms with Gasteiger partial charge in [0.25, 0.3) is 5.91 Å². The molecule has 4 rings (SSSR count). The zero-order valence-corrected chi connectivity index (χ0v) is 19.2. The van der Waals surface area contributed by atoms with Crippen molar-refractivity contribution in [1.29, 1.82) is 5.26 Å². The van der Waals surface area contributed by atoms with Crippen LogP contribution in [0.4, 0.5) is 11.6 Å². The van der Waals surface area contributed by atoms with Gasteiger partial charge in [-0.25, -0.2) is 4.98 Å². The molecule has 0 spiro atoms. The Kier molecular flexibility index (Phi) is 6.74. The first-order chi connectivity index (χ1) is 16.0. The topological polar surface area (TPSA) is 91.0 Å². The first-order valence-electron chi connectivity index (χ1n) is 11.6. The summed E-state index contributed by atoms with van der Waals surface area (Å²) in [5.74, 6) is 0.451. The quantitative estimate of drug-likeness (QED) is 0.573. The van der Waals surface area contributed by atoms with E-state index < -0.39 is 0 Å². The standard InChI is InChI=1S/C26H29N5O2/c1-3-15-31-23-14-13-21(30(2)25(33)20-7-5-4-6-8-20)16-22(23)28-26(31)29-24(32)19-11-9-18(17-27)10-12-19/h9-14,16,20H,3-8,15H2,1-2H3,(H,28,29,32). The van der Waals surface area contributed by atoms with Gasteiger partial charge in [-0.1, -0.05) is 26.2 Å². The van der Waals surface area contributed by atoms with E-state index in [0.29, 0.717) is 23.6 Å². The van der Waals surface area contributed by atoms with Gasteiger partial charge in [0.1, 0.15) is 0 Å². The van der Waals surface area contributed by atoms with Crippen LogP contribution in [0.5, 0.6) is 0 Å². The van der Waals surface area contributed by atoms with Crippen LogP contribution in [0.1, 0.15) is 61.4 Å². The van der Waals surface area contributed by atoms with E-state index >= 15 is 0 Å². The van der Waals surface area contributed by atoms with E-state index in [1.54, 1.807) is 29.2 Å². The zero-order chi connectivity index (χ0) is 23.4. The molecule has 170 valence electrons. The summed E-state index contributed by atoms with van der Waals surface area (Å²) in [5.41, 5.74) is 3.42. The molecule has 1 N–H and O–H groups in total. The summed E-state index contributed by atoms with van der Waals surface area (Å²) in [7, 11) is 1.83. The van der Waals surface area contributed by atoms with Crippen LogP contribution < -0.4 is 10.2 Å². The van der Waals surface area contributed by atoms with Gasteiger partial charge in [0.15, 0.2) is 0 Å². The second-order valence-corrected chi connectivity index (χ2v) is 8.64. The molecule has 1 fully saturated rings. The molecule has 7 heteroatoms. The molecule has 0 atom stereocenters. The molecule has 0 radical (unpaired) electrons. The first kappa shape index (κ1) is 22.5. The predicted molar refractivity (Wildman–Crippen MR) is 129 cm³/mol. The van der Waals surface area contributed by atoms with Crippen LogP contribution in [-0.2, 0) is 11.3 Å². The summed E-state index contributed by atoms with van der Waals surface area (Å²) in [6.45, 7) is 2.78. The van der Waals surface area contributed by atoms with Crippen molar-refractivity contribution in [1.82, 2.24) is 9.55 Å². The number of nitrogens with one attached hydrogen (secondary N) is 1. The van der Waals surface area contributed by atoms with E-state index in [2.05, 4.69) is 23.3 Å². The Bertz CT molecular complexity index is 1200. The summed E-state index contributed by atoms with van der Waals surface area (Å²) in [5, 5.41) is 11.9. The molecule has 33 heavy (non-hydrogen) atoms. The fourth-order valence-electron chi connectivity index (χ4n) is 4.49. The van der Waals surface area contributed by atoms with Crippen molar-refractivity contribution in [3.63, 3.8) is 0 Å². The molecule has 1 aliphatic rings. The van der Waals surface area contributed by atoms with E-state index in [4.69, 9.17) is 5.26 Å². The maximum atomic E-state index is 13.0. The Morgan fingerprint density at radius 3 is 2.55 bits per heavy atom. The van der Waals surface area contributed by atoms with E-state index in [1.807, 2.05) is 29.8 Å². The number of hydrogen-bond donors (Lipinski definition) is 1. The van der Waals surface area contributed by atoms with Crippen LogP contribution in [-0.4, -0.2) is 28.4 Å². The fraction of sp³-hybridized carbons (Fsp3) is 0.385. The molecule has 1 aromatic heterocycles. The third kappa shape index (κ3) is 4.75. The molecule has 0 saturated heterocycles. The van der Waals surface area contributed by atoms with Gasteiger partial charge in [-0.3, -0.25) is 14.9 Å². The number of nitriles is 1. The SMILES string of the molecule is CCCn1c(NC(=O)c2ccc(C#N)cc2)nc2cc(N(C)C(=O)C3CCCCC3)ccc21. The van der Waals surface area contributed by atoms with Crippen LogP contribution in [0, 0.1) is 17.2 Å². The van der Waals surface area contributed by atoms with E-state index in [-0.39, 0.29) is 17.7 Å². The van der Waals surface area contributed by atoms with Crippen molar-refractivity contribution >= 4 is 34.5 Å². The van der Waals surface area contributed by atoms with Crippen molar-refractivity contribution < 1.29 is 9.59 Å². The molecule has 0 unspecified atom stereocenters. The first-order valence-corrected chi connectivity index (χ1v) is 11.6. The Balaban J connectivity index is 1.60. The van der Waals surface area contributed by atoms with Gasteiger partial charge in [0, 0.05) is 30.8 Å². The molecule has 1 heterocycles. The number of benzene rings is 2. The van der Waals surface area contributed by atoms with Gasteiger partial charge in [0.2, 0.25) is 11.9 Å². The van der Waals surface area contributed by atoms with Crippen LogP contribution in [0.25, 0.3) is 11.0 Å². The minimum atomic E-state index is -0.281. The number of aryl methyl sites for hydroxylation is 1. The third-order valence-corrected chi connectivity index (χ3v) is 6.35. The van der Waals surface area contributed by atoms with Crippen molar-refractivity contribution in [3.05, 3.63) is 53.6 Å². The van der Waals surface area contributed by atoms with Crippen LogP contribution in [0.15, 0.2) is 42.5 Å². The summed E-state index contributed by atoms with van der Waals surface area (Å²) >= 11 is 0. The van der Waals surface area contributed by atoms with Crippen molar-refractivity contribution in [2.24, 2.45) is 5.92 Å². The van der Waals surface area contributed by atoms with Gasteiger partial charge in [-0.15, -0.1) is 0 Å². The van der Waals surface area contributed by atoms with Crippen molar-refractivity contribution in [3.8, 4) is 6.07 Å². The third-order valence-electron chi connectivity index (χ3n) is 6.35. The highest BCUT2D eigenvalue weighted by Crippen LogP contribution is 2.29. The van der Waals surface area contributed by atoms with Crippen LogP contribution in [0.2, 0.25) is 0 Å². The second-order valence-electron chi connectivity index (χ2n) is 8.64. The maximum absolute atomic E-state index is 13.0. The van der Waals surface area contributed by atoms with Gasteiger partial charge in [-0.05, 0) is 61.7 Å². The lowest BCUT2D eigenvalue weighted by atomic mass is 9.88. The van der Waals surface area contributed by atoms with Gasteiger partial charge >= 0.3 is 0 Å². The molecular weight excluding hydrogens is 414 g/mol. The zero-order valence-electron chi connectivity index (χ0n) is 19.2. The van der Waals surface area contributed by atoms with Gasteiger partial charge in [-0.2, -0.15) is 5.26 Å². The number of hydrogen-bond acceptors (Lipinski definition) is 4. The smallest absolute Gasteiger partial charge is 0.257 e. The lowest BCUT2D eigenvalue weighted by molar-refractivity contribution is -0.123. The minimum Gasteiger partial charge on any atom is -0.315 e. The van der Waals surface area contributed by atoms with E-state index in [0.717, 1.165) is 48.8 Å². The number of fused-ring (bicyclic) bond motifs is 1. The molecule has 3 aromatic rings. The molecule has 1 saturated carbocycles. The van der Waals surface area contributed by atoms with Crippen LogP contribution >= 0.6 is 0 Å². The van der Waals surface area contributed by atoms with Crippen LogP contribution in [0.3, 0.4) is 0 Å². The second kappa shape index (κ2) is 9.86. The summed E-state index contributed by atoms with van der Waals surface area (Å²) in [6, 6.07) is 14.4. The van der Waals surface area contributed by atoms with Crippen molar-refractivity contribution in [2.45, 2.75) is 52.0 Å². The average molecular weight is 444 g/mol. The number of anilines is 2. The monoisotopic (exact) mass is 443 g/mol. The van der Waals surface area contributed by atoms with E-state index in [9.17, 15) is 9.59 Å². The number of rotatable bonds is 6. The molecular formula is C26H29N5O2. The largest absolute Gasteiger partial charge is 0.315 e. The van der Waals surface area contributed by atoms with Crippen molar-refractivity contribution in [2.75, 3.05) is 17.3 Å². The van der Waals surface area contributed by atoms with Gasteiger partial charge < -0.3 is 9.47 Å². The Labute approximate surface area is 194 Å². The van der Waals surface area contributed by atoms with E-state index in [1.165, 1.54) is 6.42 Å². The number of imidazole rings is 1. The number of nitrogens with zero attached hydrogens (tertiary/aromatic N) is 4. The lowest BCUT2D eigenvalue weighted by Crippen LogP contribution is -2.33. The lowest BCUT2D eigenvalue weighted by Gasteiger charge is -2.26. The predicted octanol–water partition coefficient (Wildman–Crippen LogP) is 5.11. The highest BCUT2D eigenvalue weighted by molar-refractivity contribution is 6.04. The Hall–Kier alpha value is -3.66. The molecule has 2 aromatic carbocycles. The fourth-order valence-corrected chi connectivity index (χ4v) is 4.49. The summed E-state index contributed by atoms with van der Waals surface area (Å²) < 4.78 is 1.99. The Morgan fingerprint density at radius 2 is 1.88 bits per heavy atom. The highest BCUT2D eigenvalue weighted by atomic mass is 16.2. The number of carbonyl (C=O) groups is 2. The highest BCUT2D eigenvalue weighted by Gasteiger charge is 2.25. The van der Waals surface area contributed by atoms with Gasteiger partial charge in [0.05, 0.1) is 22.7 Å². The normalized spacial score (nSPS) is 14.1. The molecule has 0 bridgehead atoms.